The quantitative estimate of drug-likeness (QED) is 0.748. The minimum absolute atomic E-state index is 0.364. The summed E-state index contributed by atoms with van der Waals surface area (Å²) in [5.74, 6) is 1.83. The van der Waals surface area contributed by atoms with Gasteiger partial charge in [0.2, 0.25) is 5.88 Å². The summed E-state index contributed by atoms with van der Waals surface area (Å²) in [5.41, 5.74) is 1.25. The van der Waals surface area contributed by atoms with E-state index >= 15 is 0 Å². The first-order chi connectivity index (χ1) is 13.4. The lowest BCUT2D eigenvalue weighted by atomic mass is 10.0. The highest BCUT2D eigenvalue weighted by molar-refractivity contribution is 5.68. The Labute approximate surface area is 162 Å². The fourth-order valence-electron chi connectivity index (χ4n) is 3.06. The Balaban J connectivity index is 1.59. The molecule has 8 nitrogen and oxygen atoms in total. The number of ether oxygens (including phenoxy) is 2. The number of aromatic nitrogens is 4. The third-order valence-corrected chi connectivity index (χ3v) is 4.17. The predicted octanol–water partition coefficient (Wildman–Crippen LogP) is 3.58. The molecule has 0 spiro atoms. The molecule has 0 aliphatic carbocycles. The van der Waals surface area contributed by atoms with Crippen molar-refractivity contribution in [1.29, 1.82) is 0 Å². The number of amides is 1. The molecule has 0 fully saturated rings. The number of rotatable bonds is 3. The molecule has 0 saturated carbocycles. The van der Waals surface area contributed by atoms with Crippen molar-refractivity contribution in [2.45, 2.75) is 38.8 Å². The van der Waals surface area contributed by atoms with Crippen molar-refractivity contribution in [3.05, 3.63) is 60.3 Å². The van der Waals surface area contributed by atoms with Crippen molar-refractivity contribution < 1.29 is 14.3 Å². The summed E-state index contributed by atoms with van der Waals surface area (Å²) < 4.78 is 13.0. The van der Waals surface area contributed by atoms with E-state index in [1.54, 1.807) is 12.5 Å². The highest BCUT2D eigenvalue weighted by Crippen LogP contribution is 2.32. The highest BCUT2D eigenvalue weighted by Gasteiger charge is 2.30. The zero-order valence-electron chi connectivity index (χ0n) is 15.9. The summed E-state index contributed by atoms with van der Waals surface area (Å²) in [7, 11) is 0. The van der Waals surface area contributed by atoms with E-state index in [9.17, 15) is 4.79 Å². The van der Waals surface area contributed by atoms with Crippen molar-refractivity contribution in [3.63, 3.8) is 0 Å². The number of hydrogen-bond acceptors (Lipinski definition) is 6. The number of fused-ring (bicyclic) bond motifs is 3. The van der Waals surface area contributed by atoms with Crippen molar-refractivity contribution in [1.82, 2.24) is 25.1 Å². The molecular formula is C20H21N5O3. The van der Waals surface area contributed by atoms with Gasteiger partial charge in [-0.05, 0) is 38.5 Å². The van der Waals surface area contributed by atoms with Crippen LogP contribution in [0.15, 0.2) is 48.9 Å². The minimum Gasteiger partial charge on any atom is -0.444 e. The molecule has 0 bridgehead atoms. The van der Waals surface area contributed by atoms with Crippen molar-refractivity contribution in [3.8, 4) is 17.3 Å². The lowest BCUT2D eigenvalue weighted by molar-refractivity contribution is 0.0499. The lowest BCUT2D eigenvalue weighted by Gasteiger charge is -2.27. The van der Waals surface area contributed by atoms with E-state index < -0.39 is 11.7 Å². The van der Waals surface area contributed by atoms with Crippen molar-refractivity contribution in [2.75, 3.05) is 0 Å². The second-order valence-electron chi connectivity index (χ2n) is 7.53. The van der Waals surface area contributed by atoms with Gasteiger partial charge in [-0.3, -0.25) is 4.57 Å². The van der Waals surface area contributed by atoms with E-state index in [-0.39, 0.29) is 6.04 Å². The van der Waals surface area contributed by atoms with Gasteiger partial charge in [0.15, 0.2) is 5.82 Å². The van der Waals surface area contributed by atoms with Crippen LogP contribution in [0.25, 0.3) is 5.69 Å². The zero-order valence-corrected chi connectivity index (χ0v) is 15.9. The molecule has 1 aromatic carbocycles. The Morgan fingerprint density at radius 1 is 1.25 bits per heavy atom. The number of benzene rings is 1. The molecule has 8 heteroatoms. The molecule has 0 radical (unpaired) electrons. The SMILES string of the molecule is CC(C)(C)OC(=O)NC1Cc2cc(Oc3ccccc3)ncc2-n2cnnc21. The molecule has 1 amide bonds. The van der Waals surface area contributed by atoms with Crippen LogP contribution in [0.1, 0.15) is 38.2 Å². The predicted molar refractivity (Wildman–Crippen MR) is 101 cm³/mol. The molecule has 4 rings (SSSR count). The maximum Gasteiger partial charge on any atom is 0.408 e. The van der Waals surface area contributed by atoms with Gasteiger partial charge in [0.1, 0.15) is 17.7 Å². The van der Waals surface area contributed by atoms with Gasteiger partial charge < -0.3 is 14.8 Å². The third kappa shape index (κ3) is 3.80. The Bertz CT molecular complexity index is 995. The summed E-state index contributed by atoms with van der Waals surface area (Å²) >= 11 is 0. The molecule has 1 aliphatic rings. The second kappa shape index (κ2) is 6.95. The summed E-state index contributed by atoms with van der Waals surface area (Å²) in [6.45, 7) is 5.47. The molecule has 1 N–H and O–H groups in total. The van der Waals surface area contributed by atoms with Crippen LogP contribution in [0.5, 0.6) is 11.6 Å². The van der Waals surface area contributed by atoms with E-state index in [1.807, 2.05) is 61.7 Å². The van der Waals surface area contributed by atoms with Gasteiger partial charge >= 0.3 is 6.09 Å². The Hall–Kier alpha value is -3.42. The molecular weight excluding hydrogens is 358 g/mol. The largest absolute Gasteiger partial charge is 0.444 e. The first-order valence-corrected chi connectivity index (χ1v) is 9.01. The molecule has 1 atom stereocenters. The number of nitrogens with one attached hydrogen (secondary N) is 1. The summed E-state index contributed by atoms with van der Waals surface area (Å²) in [6, 6.07) is 11.0. The van der Waals surface area contributed by atoms with Gasteiger partial charge in [-0.2, -0.15) is 0 Å². The Kier molecular flexibility index (Phi) is 4.46. The van der Waals surface area contributed by atoms with Gasteiger partial charge in [-0.25, -0.2) is 9.78 Å². The van der Waals surface area contributed by atoms with Gasteiger partial charge in [0.05, 0.1) is 17.9 Å². The molecule has 1 unspecified atom stereocenters. The van der Waals surface area contributed by atoms with Crippen LogP contribution in [0.2, 0.25) is 0 Å². The number of pyridine rings is 1. The smallest absolute Gasteiger partial charge is 0.408 e. The molecule has 144 valence electrons. The van der Waals surface area contributed by atoms with E-state index in [0.29, 0.717) is 23.9 Å². The van der Waals surface area contributed by atoms with Crippen LogP contribution in [-0.2, 0) is 11.2 Å². The van der Waals surface area contributed by atoms with Gasteiger partial charge in [-0.1, -0.05) is 18.2 Å². The van der Waals surface area contributed by atoms with Gasteiger partial charge in [0.25, 0.3) is 0 Å². The van der Waals surface area contributed by atoms with Crippen LogP contribution in [-0.4, -0.2) is 31.4 Å². The molecule has 3 heterocycles. The molecule has 0 saturated heterocycles. The molecule has 2 aromatic heterocycles. The lowest BCUT2D eigenvalue weighted by Crippen LogP contribution is -2.38. The summed E-state index contributed by atoms with van der Waals surface area (Å²) in [5, 5.41) is 11.0. The van der Waals surface area contributed by atoms with Crippen LogP contribution >= 0.6 is 0 Å². The normalized spacial score (nSPS) is 15.3. The average Bonchev–Trinajstić information content (AvgIpc) is 3.11. The van der Waals surface area contributed by atoms with E-state index in [4.69, 9.17) is 9.47 Å². The van der Waals surface area contributed by atoms with Crippen LogP contribution in [0.3, 0.4) is 0 Å². The van der Waals surface area contributed by atoms with Crippen LogP contribution < -0.4 is 10.1 Å². The zero-order chi connectivity index (χ0) is 19.7. The van der Waals surface area contributed by atoms with E-state index in [0.717, 1.165) is 11.3 Å². The highest BCUT2D eigenvalue weighted by atomic mass is 16.6. The minimum atomic E-state index is -0.578. The fraction of sp³-hybridized carbons (Fsp3) is 0.300. The number of carbonyl (C=O) groups excluding carboxylic acids is 1. The molecule has 3 aromatic rings. The van der Waals surface area contributed by atoms with Crippen LogP contribution in [0, 0.1) is 0 Å². The van der Waals surface area contributed by atoms with Crippen molar-refractivity contribution in [2.24, 2.45) is 0 Å². The number of alkyl carbamates (subject to hydrolysis) is 1. The van der Waals surface area contributed by atoms with Crippen molar-refractivity contribution >= 4 is 6.09 Å². The topological polar surface area (TPSA) is 91.2 Å². The first-order valence-electron chi connectivity index (χ1n) is 9.01. The standard InChI is InChI=1S/C20H21N5O3/c1-20(2,3)28-19(26)23-15-9-13-10-17(27-14-7-5-4-6-8-14)21-11-16(13)25-12-22-24-18(15)25/h4-8,10-12,15H,9H2,1-3H3,(H,23,26). The average molecular weight is 379 g/mol. The monoisotopic (exact) mass is 379 g/mol. The van der Waals surface area contributed by atoms with Gasteiger partial charge in [-0.15, -0.1) is 10.2 Å². The number of hydrogen-bond donors (Lipinski definition) is 1. The Morgan fingerprint density at radius 2 is 2.04 bits per heavy atom. The maximum atomic E-state index is 12.3. The maximum absolute atomic E-state index is 12.3. The van der Waals surface area contributed by atoms with E-state index in [1.165, 1.54) is 0 Å². The summed E-state index contributed by atoms with van der Waals surface area (Å²) in [4.78, 5) is 16.6. The van der Waals surface area contributed by atoms with Crippen LogP contribution in [0.4, 0.5) is 4.79 Å². The number of carbonyl (C=O) groups is 1. The van der Waals surface area contributed by atoms with E-state index in [2.05, 4.69) is 20.5 Å². The second-order valence-corrected chi connectivity index (χ2v) is 7.53. The number of para-hydroxylation sites is 1. The molecule has 28 heavy (non-hydrogen) atoms. The van der Waals surface area contributed by atoms with Gasteiger partial charge in [0, 0.05) is 12.5 Å². The summed E-state index contributed by atoms with van der Waals surface area (Å²) in [6.07, 6.45) is 3.37. The Morgan fingerprint density at radius 3 is 2.79 bits per heavy atom. The molecule has 1 aliphatic heterocycles. The third-order valence-electron chi connectivity index (χ3n) is 4.17. The first kappa shape index (κ1) is 18.0. The fourth-order valence-corrected chi connectivity index (χ4v) is 3.06. The number of nitrogens with zero attached hydrogens (tertiary/aromatic N) is 4.